The Kier molecular flexibility index (Phi) is 2.85. The third-order valence-electron chi connectivity index (χ3n) is 3.37. The summed E-state index contributed by atoms with van der Waals surface area (Å²) in [6.45, 7) is 0.515. The van der Waals surface area contributed by atoms with Gasteiger partial charge in [0.05, 0.1) is 6.67 Å². The molecule has 0 saturated heterocycles. The highest BCUT2D eigenvalue weighted by Crippen LogP contribution is 2.30. The lowest BCUT2D eigenvalue weighted by Gasteiger charge is -2.30. The van der Waals surface area contributed by atoms with Gasteiger partial charge in [0.1, 0.15) is 7.11 Å². The number of rotatable bonds is 2. The fourth-order valence-electron chi connectivity index (χ4n) is 2.42. The van der Waals surface area contributed by atoms with Crippen LogP contribution in [0.15, 0.2) is 30.3 Å². The molecule has 0 fully saturated rings. The number of carbonyl (C=O) groups excluding carboxylic acids is 1. The van der Waals surface area contributed by atoms with E-state index in [1.54, 1.807) is 11.9 Å². The van der Waals surface area contributed by atoms with Gasteiger partial charge in [-0.05, 0) is 0 Å². The van der Waals surface area contributed by atoms with E-state index >= 15 is 0 Å². The third kappa shape index (κ3) is 1.72. The maximum absolute atomic E-state index is 12.3. The first-order valence-electron chi connectivity index (χ1n) is 6.32. The number of hydrogen-bond donors (Lipinski definition) is 0. The first-order chi connectivity index (χ1) is 9.63. The number of amides is 1. The quantitative estimate of drug-likeness (QED) is 0.821. The van der Waals surface area contributed by atoms with Gasteiger partial charge in [-0.3, -0.25) is 4.79 Å². The molecule has 0 bridgehead atoms. The average molecular weight is 272 g/mol. The van der Waals surface area contributed by atoms with E-state index < -0.39 is 0 Å². The van der Waals surface area contributed by atoms with Crippen LogP contribution in [0, 0.1) is 0 Å². The second-order valence-electron chi connectivity index (χ2n) is 4.79. The maximum atomic E-state index is 12.3. The molecule has 1 aliphatic heterocycles. The second-order valence-corrected chi connectivity index (χ2v) is 4.79. The van der Waals surface area contributed by atoms with Crippen molar-refractivity contribution in [2.75, 3.05) is 32.8 Å². The fourth-order valence-corrected chi connectivity index (χ4v) is 2.42. The number of anilines is 1. The zero-order valence-electron chi connectivity index (χ0n) is 11.7. The number of hydrogen-bond acceptors (Lipinski definition) is 4. The first kappa shape index (κ1) is 12.5. The molecule has 20 heavy (non-hydrogen) atoms. The van der Waals surface area contributed by atoms with Crippen molar-refractivity contribution in [3.63, 3.8) is 0 Å². The van der Waals surface area contributed by atoms with Crippen LogP contribution in [0.3, 0.4) is 0 Å². The molecular weight excluding hydrogens is 256 g/mol. The van der Waals surface area contributed by atoms with Crippen LogP contribution in [0.2, 0.25) is 0 Å². The lowest BCUT2D eigenvalue weighted by atomic mass is 10.2. The standard InChI is InChI=1S/C14H16N4O2/c1-16-9-17(2)14(19)11-13(16)15-12(18(11)20-3)10-7-5-4-6-8-10/h4-8H,9H2,1-3H3. The number of fused-ring (bicyclic) bond motifs is 1. The molecule has 3 rings (SSSR count). The number of carbonyl (C=O) groups is 1. The Hall–Kier alpha value is -2.50. The normalized spacial score (nSPS) is 14.4. The summed E-state index contributed by atoms with van der Waals surface area (Å²) >= 11 is 0. The van der Waals surface area contributed by atoms with Crippen molar-refractivity contribution in [2.24, 2.45) is 0 Å². The summed E-state index contributed by atoms with van der Waals surface area (Å²) in [6.07, 6.45) is 0. The van der Waals surface area contributed by atoms with Crippen molar-refractivity contribution in [1.29, 1.82) is 0 Å². The predicted octanol–water partition coefficient (Wildman–Crippen LogP) is 1.09. The van der Waals surface area contributed by atoms with E-state index in [0.29, 0.717) is 24.0 Å². The Labute approximate surface area is 117 Å². The molecule has 6 nitrogen and oxygen atoms in total. The van der Waals surface area contributed by atoms with Crippen molar-refractivity contribution in [3.8, 4) is 11.4 Å². The highest BCUT2D eigenvalue weighted by atomic mass is 16.6. The van der Waals surface area contributed by atoms with E-state index in [1.807, 2.05) is 42.3 Å². The van der Waals surface area contributed by atoms with Gasteiger partial charge in [0.15, 0.2) is 17.3 Å². The number of nitrogens with zero attached hydrogens (tertiary/aromatic N) is 4. The van der Waals surface area contributed by atoms with Crippen LogP contribution in [-0.2, 0) is 0 Å². The van der Waals surface area contributed by atoms with Gasteiger partial charge in [0.25, 0.3) is 5.91 Å². The molecule has 2 heterocycles. The van der Waals surface area contributed by atoms with Crippen LogP contribution in [0.25, 0.3) is 11.4 Å². The van der Waals surface area contributed by atoms with Gasteiger partial charge >= 0.3 is 0 Å². The Bertz CT molecular complexity index is 651. The molecule has 0 N–H and O–H groups in total. The molecule has 0 spiro atoms. The Morgan fingerprint density at radius 1 is 1.15 bits per heavy atom. The van der Waals surface area contributed by atoms with E-state index in [2.05, 4.69) is 4.98 Å². The molecule has 2 aromatic rings. The maximum Gasteiger partial charge on any atom is 0.279 e. The van der Waals surface area contributed by atoms with E-state index in [0.717, 1.165) is 5.56 Å². The largest absolute Gasteiger partial charge is 0.415 e. The number of imidazole rings is 1. The van der Waals surface area contributed by atoms with Crippen LogP contribution >= 0.6 is 0 Å². The molecule has 1 amide bonds. The smallest absolute Gasteiger partial charge is 0.279 e. The van der Waals surface area contributed by atoms with E-state index in [9.17, 15) is 4.79 Å². The topological polar surface area (TPSA) is 50.6 Å². The third-order valence-corrected chi connectivity index (χ3v) is 3.37. The van der Waals surface area contributed by atoms with Crippen LogP contribution in [0.1, 0.15) is 10.5 Å². The first-order valence-corrected chi connectivity index (χ1v) is 6.32. The van der Waals surface area contributed by atoms with Gasteiger partial charge in [-0.2, -0.15) is 4.73 Å². The molecule has 1 aliphatic rings. The van der Waals surface area contributed by atoms with Crippen LogP contribution in [-0.4, -0.2) is 48.4 Å². The summed E-state index contributed by atoms with van der Waals surface area (Å²) in [7, 11) is 5.21. The molecule has 1 aromatic carbocycles. The zero-order chi connectivity index (χ0) is 14.3. The molecule has 1 aromatic heterocycles. The van der Waals surface area contributed by atoms with Crippen molar-refractivity contribution < 1.29 is 9.63 Å². The van der Waals surface area contributed by atoms with E-state index in [-0.39, 0.29) is 5.91 Å². The summed E-state index contributed by atoms with van der Waals surface area (Å²) in [5.74, 6) is 1.19. The minimum atomic E-state index is -0.0883. The summed E-state index contributed by atoms with van der Waals surface area (Å²) < 4.78 is 1.50. The molecule has 0 aliphatic carbocycles. The van der Waals surface area contributed by atoms with E-state index in [1.165, 1.54) is 11.8 Å². The van der Waals surface area contributed by atoms with Crippen molar-refractivity contribution >= 4 is 11.7 Å². The van der Waals surface area contributed by atoms with Crippen molar-refractivity contribution in [1.82, 2.24) is 14.6 Å². The second kappa shape index (κ2) is 4.56. The van der Waals surface area contributed by atoms with Gasteiger partial charge < -0.3 is 14.6 Å². The van der Waals surface area contributed by atoms with Gasteiger partial charge in [0, 0.05) is 19.7 Å². The lowest BCUT2D eigenvalue weighted by molar-refractivity contribution is 0.0727. The molecule has 0 radical (unpaired) electrons. The fraction of sp³-hybridized carbons (Fsp3) is 0.286. The zero-order valence-corrected chi connectivity index (χ0v) is 11.7. The van der Waals surface area contributed by atoms with E-state index in [4.69, 9.17) is 4.84 Å². The molecule has 104 valence electrons. The average Bonchev–Trinajstić information content (AvgIpc) is 2.86. The number of benzene rings is 1. The monoisotopic (exact) mass is 272 g/mol. The Morgan fingerprint density at radius 3 is 2.50 bits per heavy atom. The van der Waals surface area contributed by atoms with Crippen molar-refractivity contribution in [2.45, 2.75) is 0 Å². The lowest BCUT2D eigenvalue weighted by Crippen LogP contribution is -2.43. The predicted molar refractivity (Wildman–Crippen MR) is 75.5 cm³/mol. The highest BCUT2D eigenvalue weighted by molar-refractivity contribution is 5.99. The molecule has 0 saturated carbocycles. The molecule has 6 heteroatoms. The summed E-state index contributed by atoms with van der Waals surface area (Å²) in [5, 5.41) is 0. The van der Waals surface area contributed by atoms with Gasteiger partial charge in [-0.15, -0.1) is 0 Å². The minimum Gasteiger partial charge on any atom is -0.415 e. The summed E-state index contributed by atoms with van der Waals surface area (Å²) in [4.78, 5) is 25.9. The summed E-state index contributed by atoms with van der Waals surface area (Å²) in [6, 6.07) is 9.69. The van der Waals surface area contributed by atoms with Crippen LogP contribution in [0.4, 0.5) is 5.82 Å². The van der Waals surface area contributed by atoms with Crippen molar-refractivity contribution in [3.05, 3.63) is 36.0 Å². The highest BCUT2D eigenvalue weighted by Gasteiger charge is 2.33. The molecule has 0 atom stereocenters. The SMILES string of the molecule is COn1c(-c2ccccc2)nc2c1C(=O)N(C)CN2C. The van der Waals surface area contributed by atoms with Gasteiger partial charge in [-0.1, -0.05) is 30.3 Å². The Balaban J connectivity index is 2.22. The number of aromatic nitrogens is 2. The molecule has 0 unspecified atom stereocenters. The van der Waals surface area contributed by atoms with Gasteiger partial charge in [0.2, 0.25) is 0 Å². The summed E-state index contributed by atoms with van der Waals surface area (Å²) in [5.41, 5.74) is 1.37. The van der Waals surface area contributed by atoms with Crippen LogP contribution in [0.5, 0.6) is 0 Å². The van der Waals surface area contributed by atoms with Gasteiger partial charge in [-0.25, -0.2) is 4.98 Å². The minimum absolute atomic E-state index is 0.0883. The molecular formula is C14H16N4O2. The van der Waals surface area contributed by atoms with Crippen LogP contribution < -0.4 is 9.74 Å². The Morgan fingerprint density at radius 2 is 1.85 bits per heavy atom.